The summed E-state index contributed by atoms with van der Waals surface area (Å²) in [6.45, 7) is 0. The molecule has 2 nitrogen and oxygen atoms in total. The molecule has 2 aromatic carbocycles. The first-order chi connectivity index (χ1) is 10.1. The highest BCUT2D eigenvalue weighted by Crippen LogP contribution is 2.21. The van der Waals surface area contributed by atoms with E-state index in [1.54, 1.807) is 18.2 Å². The van der Waals surface area contributed by atoms with Crippen LogP contribution in [0.2, 0.25) is 5.02 Å². The maximum Gasteiger partial charge on any atom is 0.253 e. The van der Waals surface area contributed by atoms with Crippen LogP contribution in [0.3, 0.4) is 0 Å². The van der Waals surface area contributed by atoms with E-state index in [2.05, 4.69) is 21.2 Å². The summed E-state index contributed by atoms with van der Waals surface area (Å²) in [4.78, 5) is 12.3. The molecule has 110 valence electrons. The first kappa shape index (κ1) is 16.3. The number of hydrogen-bond donors (Lipinski definition) is 1. The second kappa shape index (κ2) is 7.83. The lowest BCUT2D eigenvalue weighted by atomic mass is 10.1. The van der Waals surface area contributed by atoms with Crippen molar-refractivity contribution in [1.82, 2.24) is 5.32 Å². The van der Waals surface area contributed by atoms with Gasteiger partial charge in [0.2, 0.25) is 0 Å². The van der Waals surface area contributed by atoms with Crippen LogP contribution in [0.25, 0.3) is 0 Å². The molecule has 0 aliphatic carbocycles. The number of carbonyl (C=O) groups excluding carboxylic acids is 1. The van der Waals surface area contributed by atoms with Crippen LogP contribution in [-0.4, -0.2) is 17.8 Å². The van der Waals surface area contributed by atoms with Gasteiger partial charge >= 0.3 is 0 Å². The quantitative estimate of drug-likeness (QED) is 0.742. The topological polar surface area (TPSA) is 29.1 Å². The Hall–Kier alpha value is -1.03. The van der Waals surface area contributed by atoms with Crippen LogP contribution in [0.4, 0.5) is 0 Å². The summed E-state index contributed by atoms with van der Waals surface area (Å²) in [5.41, 5.74) is 1.57. The zero-order valence-electron chi connectivity index (χ0n) is 11.2. The minimum absolute atomic E-state index is 0.142. The molecule has 2 aromatic rings. The molecule has 0 saturated heterocycles. The summed E-state index contributed by atoms with van der Waals surface area (Å²) in [5, 5.41) is 3.34. The van der Waals surface area contributed by atoms with Gasteiger partial charge in [-0.1, -0.05) is 57.9 Å². The number of halogens is 3. The van der Waals surface area contributed by atoms with Crippen LogP contribution >= 0.6 is 39.1 Å². The van der Waals surface area contributed by atoms with Gasteiger partial charge in [-0.05, 0) is 30.2 Å². The van der Waals surface area contributed by atoms with Crippen LogP contribution in [0.15, 0.2) is 53.0 Å². The monoisotopic (exact) mass is 385 g/mol. The smallest absolute Gasteiger partial charge is 0.253 e. The average molecular weight is 387 g/mol. The Balaban J connectivity index is 2.07. The molecule has 0 aliphatic heterocycles. The van der Waals surface area contributed by atoms with Gasteiger partial charge in [-0.15, -0.1) is 11.6 Å². The number of carbonyl (C=O) groups is 1. The van der Waals surface area contributed by atoms with Gasteiger partial charge in [0, 0.05) is 16.4 Å². The zero-order chi connectivity index (χ0) is 15.2. The Morgan fingerprint density at radius 2 is 1.90 bits per heavy atom. The number of hydrogen-bond acceptors (Lipinski definition) is 1. The fourth-order valence-electron chi connectivity index (χ4n) is 1.98. The summed E-state index contributed by atoms with van der Waals surface area (Å²) < 4.78 is 0.808. The number of rotatable bonds is 5. The number of benzene rings is 2. The highest BCUT2D eigenvalue weighted by atomic mass is 79.9. The molecule has 0 saturated carbocycles. The maximum absolute atomic E-state index is 12.3. The van der Waals surface area contributed by atoms with Crippen molar-refractivity contribution < 1.29 is 4.79 Å². The molecule has 0 fully saturated rings. The molecule has 1 amide bonds. The summed E-state index contributed by atoms with van der Waals surface area (Å²) in [6, 6.07) is 15.0. The van der Waals surface area contributed by atoms with E-state index in [9.17, 15) is 4.79 Å². The average Bonchev–Trinajstić information content (AvgIpc) is 2.50. The number of nitrogens with one attached hydrogen (secondary N) is 1. The zero-order valence-corrected chi connectivity index (χ0v) is 14.3. The molecule has 0 aliphatic rings. The van der Waals surface area contributed by atoms with Gasteiger partial charge in [0.1, 0.15) is 0 Å². The standard InChI is InChI=1S/C16H14BrCl2NO/c17-12-6-7-15(19)14(9-12)16(21)20-13(10-18)8-11-4-2-1-3-5-11/h1-7,9,13H,8,10H2,(H,20,21). The van der Waals surface area contributed by atoms with Gasteiger partial charge in [0.25, 0.3) is 5.91 Å². The molecule has 5 heteroatoms. The lowest BCUT2D eigenvalue weighted by molar-refractivity contribution is 0.0940. The molecule has 1 N–H and O–H groups in total. The molecule has 0 spiro atoms. The summed E-state index contributed by atoms with van der Waals surface area (Å²) in [5.74, 6) is 0.120. The molecule has 0 heterocycles. The van der Waals surface area contributed by atoms with E-state index < -0.39 is 0 Å². The minimum Gasteiger partial charge on any atom is -0.348 e. The normalized spacial score (nSPS) is 12.0. The second-order valence-electron chi connectivity index (χ2n) is 4.64. The summed E-state index contributed by atoms with van der Waals surface area (Å²) >= 11 is 15.4. The molecule has 21 heavy (non-hydrogen) atoms. The van der Waals surface area contributed by atoms with Gasteiger partial charge in [0.05, 0.1) is 10.6 Å². The van der Waals surface area contributed by atoms with E-state index in [-0.39, 0.29) is 11.9 Å². The van der Waals surface area contributed by atoms with Crippen LogP contribution < -0.4 is 5.32 Å². The first-order valence-electron chi connectivity index (χ1n) is 6.46. The van der Waals surface area contributed by atoms with Crippen molar-refractivity contribution in [3.05, 3.63) is 69.2 Å². The Labute approximate surface area is 142 Å². The highest BCUT2D eigenvalue weighted by molar-refractivity contribution is 9.10. The van der Waals surface area contributed by atoms with E-state index in [4.69, 9.17) is 23.2 Å². The van der Waals surface area contributed by atoms with E-state index in [1.165, 1.54) is 0 Å². The van der Waals surface area contributed by atoms with E-state index >= 15 is 0 Å². The first-order valence-corrected chi connectivity index (χ1v) is 8.16. The van der Waals surface area contributed by atoms with Gasteiger partial charge in [-0.2, -0.15) is 0 Å². The van der Waals surface area contributed by atoms with Crippen molar-refractivity contribution in [2.45, 2.75) is 12.5 Å². The molecular formula is C16H14BrCl2NO. The number of amides is 1. The maximum atomic E-state index is 12.3. The molecule has 1 unspecified atom stereocenters. The van der Waals surface area contributed by atoms with E-state index in [0.29, 0.717) is 22.9 Å². The Bertz CT molecular complexity index is 619. The Morgan fingerprint density at radius 3 is 2.57 bits per heavy atom. The van der Waals surface area contributed by atoms with Gasteiger partial charge < -0.3 is 5.32 Å². The fraction of sp³-hybridized carbons (Fsp3) is 0.188. The molecule has 0 radical (unpaired) electrons. The predicted octanol–water partition coefficient (Wildman–Crippen LogP) is 4.68. The van der Waals surface area contributed by atoms with Crippen molar-refractivity contribution in [2.75, 3.05) is 5.88 Å². The minimum atomic E-state index is -0.220. The molecular weight excluding hydrogens is 373 g/mol. The third kappa shape index (κ3) is 4.73. The largest absolute Gasteiger partial charge is 0.348 e. The van der Waals surface area contributed by atoms with Gasteiger partial charge in [-0.3, -0.25) is 4.79 Å². The van der Waals surface area contributed by atoms with Gasteiger partial charge in [0.15, 0.2) is 0 Å². The van der Waals surface area contributed by atoms with Crippen LogP contribution in [0, 0.1) is 0 Å². The molecule has 1 atom stereocenters. The van der Waals surface area contributed by atoms with Crippen molar-refractivity contribution in [1.29, 1.82) is 0 Å². The summed E-state index contributed by atoms with van der Waals surface area (Å²) in [7, 11) is 0. The van der Waals surface area contributed by atoms with Crippen molar-refractivity contribution in [3.63, 3.8) is 0 Å². The van der Waals surface area contributed by atoms with Gasteiger partial charge in [-0.25, -0.2) is 0 Å². The highest BCUT2D eigenvalue weighted by Gasteiger charge is 2.16. The van der Waals surface area contributed by atoms with E-state index in [1.807, 2.05) is 30.3 Å². The Kier molecular flexibility index (Phi) is 6.09. The molecule has 0 aromatic heterocycles. The third-order valence-corrected chi connectivity index (χ3v) is 4.21. The lowest BCUT2D eigenvalue weighted by Crippen LogP contribution is -2.37. The Morgan fingerprint density at radius 1 is 1.19 bits per heavy atom. The SMILES string of the molecule is O=C(NC(CCl)Cc1ccccc1)c1cc(Br)ccc1Cl. The second-order valence-corrected chi connectivity index (χ2v) is 6.27. The lowest BCUT2D eigenvalue weighted by Gasteiger charge is -2.17. The van der Waals surface area contributed by atoms with Crippen LogP contribution in [-0.2, 0) is 6.42 Å². The fourth-order valence-corrected chi connectivity index (χ4v) is 2.73. The van der Waals surface area contributed by atoms with Crippen molar-refractivity contribution >= 4 is 45.0 Å². The van der Waals surface area contributed by atoms with Crippen molar-refractivity contribution in [3.8, 4) is 0 Å². The number of alkyl halides is 1. The van der Waals surface area contributed by atoms with Crippen LogP contribution in [0.1, 0.15) is 15.9 Å². The molecule has 0 bridgehead atoms. The molecule has 2 rings (SSSR count). The third-order valence-electron chi connectivity index (χ3n) is 3.02. The van der Waals surface area contributed by atoms with E-state index in [0.717, 1.165) is 10.0 Å². The predicted molar refractivity (Wildman–Crippen MR) is 91.3 cm³/mol. The summed E-state index contributed by atoms with van der Waals surface area (Å²) in [6.07, 6.45) is 0.682. The van der Waals surface area contributed by atoms with Crippen molar-refractivity contribution in [2.24, 2.45) is 0 Å². The van der Waals surface area contributed by atoms with Crippen LogP contribution in [0.5, 0.6) is 0 Å².